The Labute approximate surface area is 134 Å². The molecule has 4 heteroatoms. The lowest BCUT2D eigenvalue weighted by molar-refractivity contribution is 0.139. The maximum atomic E-state index is 6.20. The van der Waals surface area contributed by atoms with E-state index in [-0.39, 0.29) is 5.54 Å². The molecule has 1 saturated heterocycles. The number of benzene rings is 1. The first-order valence-corrected chi connectivity index (χ1v) is 8.15. The third-order valence-corrected chi connectivity index (χ3v) is 4.63. The predicted octanol–water partition coefficient (Wildman–Crippen LogP) is 3.37. The lowest BCUT2D eigenvalue weighted by Gasteiger charge is -2.46. The van der Waals surface area contributed by atoms with Gasteiger partial charge in [0.1, 0.15) is 0 Å². The van der Waals surface area contributed by atoms with Crippen LogP contribution in [0, 0.1) is 0 Å². The monoisotopic (exact) mass is 309 g/mol. The molecule has 1 aromatic rings. The van der Waals surface area contributed by atoms with Crippen LogP contribution < -0.4 is 10.2 Å². The van der Waals surface area contributed by atoms with E-state index in [2.05, 4.69) is 62.0 Å². The number of likely N-dealkylation sites (N-methyl/N-ethyl adjacent to an activating group) is 1. The second-order valence-corrected chi connectivity index (χ2v) is 7.40. The van der Waals surface area contributed by atoms with Gasteiger partial charge in [-0.3, -0.25) is 4.90 Å². The Morgan fingerprint density at radius 2 is 2.00 bits per heavy atom. The van der Waals surface area contributed by atoms with Gasteiger partial charge >= 0.3 is 0 Å². The van der Waals surface area contributed by atoms with Crippen LogP contribution in [0.3, 0.4) is 0 Å². The lowest BCUT2D eigenvalue weighted by Crippen LogP contribution is -2.57. The van der Waals surface area contributed by atoms with Gasteiger partial charge in [0.25, 0.3) is 0 Å². The van der Waals surface area contributed by atoms with Crippen LogP contribution in [0.1, 0.15) is 33.3 Å². The summed E-state index contributed by atoms with van der Waals surface area (Å²) in [6, 6.07) is 6.74. The summed E-state index contributed by atoms with van der Waals surface area (Å²) < 4.78 is 0. The highest BCUT2D eigenvalue weighted by atomic mass is 35.5. The van der Waals surface area contributed by atoms with E-state index in [1.807, 2.05) is 6.07 Å². The van der Waals surface area contributed by atoms with Crippen molar-refractivity contribution in [1.29, 1.82) is 0 Å². The van der Waals surface area contributed by atoms with E-state index in [9.17, 15) is 0 Å². The highest BCUT2D eigenvalue weighted by molar-refractivity contribution is 6.30. The summed E-state index contributed by atoms with van der Waals surface area (Å²) in [5.74, 6) is 0. The molecule has 0 radical (unpaired) electrons. The highest BCUT2D eigenvalue weighted by Gasteiger charge is 2.31. The van der Waals surface area contributed by atoms with Gasteiger partial charge in [-0.05, 0) is 44.7 Å². The molecule has 1 aromatic carbocycles. The van der Waals surface area contributed by atoms with E-state index >= 15 is 0 Å². The van der Waals surface area contributed by atoms with Crippen molar-refractivity contribution in [2.75, 3.05) is 31.6 Å². The van der Waals surface area contributed by atoms with Crippen molar-refractivity contribution < 1.29 is 0 Å². The van der Waals surface area contributed by atoms with Gasteiger partial charge in [-0.15, -0.1) is 0 Å². The molecule has 1 fully saturated rings. The van der Waals surface area contributed by atoms with E-state index in [1.54, 1.807) is 0 Å². The minimum Gasteiger partial charge on any atom is -0.368 e. The van der Waals surface area contributed by atoms with Gasteiger partial charge in [0.15, 0.2) is 0 Å². The molecule has 1 N–H and O–H groups in total. The number of nitrogens with zero attached hydrogens (tertiary/aromatic N) is 2. The molecule has 1 heterocycles. The molecular weight excluding hydrogens is 282 g/mol. The molecule has 0 bridgehead atoms. The number of nitrogens with one attached hydrogen (secondary N) is 1. The van der Waals surface area contributed by atoms with Gasteiger partial charge in [-0.25, -0.2) is 0 Å². The SMILES string of the molecule is CC(C)NCc1cc(Cl)ccc1N1CCN(C)C(C)(C)C1. The molecule has 0 amide bonds. The van der Waals surface area contributed by atoms with Crippen molar-refractivity contribution in [1.82, 2.24) is 10.2 Å². The maximum absolute atomic E-state index is 6.20. The fourth-order valence-corrected chi connectivity index (χ4v) is 2.96. The van der Waals surface area contributed by atoms with Crippen molar-refractivity contribution >= 4 is 17.3 Å². The van der Waals surface area contributed by atoms with Gasteiger partial charge in [0.2, 0.25) is 0 Å². The molecule has 0 saturated carbocycles. The molecule has 0 aliphatic carbocycles. The molecule has 2 rings (SSSR count). The van der Waals surface area contributed by atoms with Crippen LogP contribution >= 0.6 is 11.6 Å². The molecule has 3 nitrogen and oxygen atoms in total. The van der Waals surface area contributed by atoms with Crippen LogP contribution in [0.25, 0.3) is 0 Å². The zero-order valence-electron chi connectivity index (χ0n) is 13.9. The van der Waals surface area contributed by atoms with Crippen LogP contribution in [0.2, 0.25) is 5.02 Å². The Morgan fingerprint density at radius 1 is 1.29 bits per heavy atom. The molecule has 118 valence electrons. The van der Waals surface area contributed by atoms with E-state index in [4.69, 9.17) is 11.6 Å². The first-order chi connectivity index (χ1) is 9.79. The number of halogens is 1. The molecule has 1 aliphatic rings. The van der Waals surface area contributed by atoms with Gasteiger partial charge < -0.3 is 10.2 Å². The summed E-state index contributed by atoms with van der Waals surface area (Å²) in [5, 5.41) is 4.31. The van der Waals surface area contributed by atoms with Crippen molar-refractivity contribution in [3.63, 3.8) is 0 Å². The van der Waals surface area contributed by atoms with E-state index in [0.29, 0.717) is 6.04 Å². The lowest BCUT2D eigenvalue weighted by atomic mass is 9.98. The Balaban J connectivity index is 2.22. The topological polar surface area (TPSA) is 18.5 Å². The van der Waals surface area contributed by atoms with Gasteiger partial charge in [-0.1, -0.05) is 25.4 Å². The highest BCUT2D eigenvalue weighted by Crippen LogP contribution is 2.29. The van der Waals surface area contributed by atoms with E-state index in [0.717, 1.165) is 31.2 Å². The summed E-state index contributed by atoms with van der Waals surface area (Å²) in [4.78, 5) is 4.93. The van der Waals surface area contributed by atoms with Gasteiger partial charge in [0, 0.05) is 48.5 Å². The van der Waals surface area contributed by atoms with Crippen molar-refractivity contribution in [3.05, 3.63) is 28.8 Å². The average Bonchev–Trinajstić information content (AvgIpc) is 2.39. The van der Waals surface area contributed by atoms with Crippen LogP contribution in [0.15, 0.2) is 18.2 Å². The van der Waals surface area contributed by atoms with Crippen LogP contribution in [-0.2, 0) is 6.54 Å². The maximum Gasteiger partial charge on any atom is 0.0413 e. The predicted molar refractivity (Wildman–Crippen MR) is 92.3 cm³/mol. The summed E-state index contributed by atoms with van der Waals surface area (Å²) in [6.07, 6.45) is 0. The largest absolute Gasteiger partial charge is 0.368 e. The number of piperazine rings is 1. The third-order valence-electron chi connectivity index (χ3n) is 4.40. The van der Waals surface area contributed by atoms with Crippen molar-refractivity contribution in [3.8, 4) is 0 Å². The summed E-state index contributed by atoms with van der Waals surface area (Å²) in [5.41, 5.74) is 2.80. The Kier molecular flexibility index (Phi) is 5.18. The second-order valence-electron chi connectivity index (χ2n) is 6.96. The number of hydrogen-bond donors (Lipinski definition) is 1. The Morgan fingerprint density at radius 3 is 2.62 bits per heavy atom. The zero-order chi connectivity index (χ0) is 15.6. The van der Waals surface area contributed by atoms with E-state index < -0.39 is 0 Å². The Hall–Kier alpha value is -0.770. The fourth-order valence-electron chi connectivity index (χ4n) is 2.76. The van der Waals surface area contributed by atoms with E-state index in [1.165, 1.54) is 11.3 Å². The zero-order valence-corrected chi connectivity index (χ0v) is 14.7. The van der Waals surface area contributed by atoms with Crippen molar-refractivity contribution in [2.45, 2.75) is 45.8 Å². The minimum absolute atomic E-state index is 0.195. The minimum atomic E-state index is 0.195. The van der Waals surface area contributed by atoms with Gasteiger partial charge in [-0.2, -0.15) is 0 Å². The van der Waals surface area contributed by atoms with Crippen LogP contribution in [0.5, 0.6) is 0 Å². The molecule has 0 atom stereocenters. The molecule has 1 aliphatic heterocycles. The summed E-state index contributed by atoms with van der Waals surface area (Å²) in [6.45, 7) is 13.0. The normalized spacial score (nSPS) is 19.3. The molecule has 0 spiro atoms. The first kappa shape index (κ1) is 16.6. The molecule has 0 unspecified atom stereocenters. The number of anilines is 1. The summed E-state index contributed by atoms with van der Waals surface area (Å²) in [7, 11) is 2.21. The summed E-state index contributed by atoms with van der Waals surface area (Å²) >= 11 is 6.20. The second kappa shape index (κ2) is 6.55. The molecule has 21 heavy (non-hydrogen) atoms. The molecular formula is C17H28ClN3. The Bertz CT molecular complexity index is 485. The first-order valence-electron chi connectivity index (χ1n) is 7.77. The quantitative estimate of drug-likeness (QED) is 0.920. The smallest absolute Gasteiger partial charge is 0.0413 e. The van der Waals surface area contributed by atoms with Crippen LogP contribution in [-0.4, -0.2) is 43.2 Å². The number of rotatable bonds is 4. The fraction of sp³-hybridized carbons (Fsp3) is 0.647. The molecule has 0 aromatic heterocycles. The van der Waals surface area contributed by atoms with Crippen molar-refractivity contribution in [2.24, 2.45) is 0 Å². The third kappa shape index (κ3) is 4.12. The number of hydrogen-bond acceptors (Lipinski definition) is 3. The van der Waals surface area contributed by atoms with Gasteiger partial charge in [0.05, 0.1) is 0 Å². The van der Waals surface area contributed by atoms with Crippen LogP contribution in [0.4, 0.5) is 5.69 Å². The standard InChI is InChI=1S/C17H28ClN3/c1-13(2)19-11-14-10-15(18)6-7-16(14)21-9-8-20(5)17(3,4)12-21/h6-7,10,13,19H,8-9,11-12H2,1-5H3. The average molecular weight is 310 g/mol.